The summed E-state index contributed by atoms with van der Waals surface area (Å²) >= 11 is 6.29. The van der Waals surface area contributed by atoms with Crippen LogP contribution in [0.2, 0.25) is 5.02 Å². The first-order chi connectivity index (χ1) is 12.8. The van der Waals surface area contributed by atoms with Crippen molar-refractivity contribution in [1.82, 2.24) is 10.2 Å². The molecule has 1 atom stereocenters. The van der Waals surface area contributed by atoms with E-state index in [4.69, 9.17) is 11.6 Å². The van der Waals surface area contributed by atoms with E-state index >= 15 is 0 Å². The molecule has 0 heterocycles. The van der Waals surface area contributed by atoms with Gasteiger partial charge in [-0.05, 0) is 50.5 Å². The fourth-order valence-electron chi connectivity index (χ4n) is 2.87. The molecular formula is C22H27ClN2O2. The van der Waals surface area contributed by atoms with Gasteiger partial charge in [0.25, 0.3) is 0 Å². The van der Waals surface area contributed by atoms with Gasteiger partial charge in [-0.25, -0.2) is 0 Å². The van der Waals surface area contributed by atoms with Crippen molar-refractivity contribution in [3.05, 3.63) is 70.2 Å². The summed E-state index contributed by atoms with van der Waals surface area (Å²) in [4.78, 5) is 27.3. The summed E-state index contributed by atoms with van der Waals surface area (Å²) < 4.78 is 0. The van der Waals surface area contributed by atoms with E-state index in [-0.39, 0.29) is 30.8 Å². The van der Waals surface area contributed by atoms with Crippen LogP contribution in [0.4, 0.5) is 0 Å². The third kappa shape index (κ3) is 5.83. The SMILES string of the molecule is Cc1ccccc1CC(=O)N(Cc1ccccc1Cl)C(C)C(=O)NC(C)C. The van der Waals surface area contributed by atoms with Gasteiger partial charge in [0.2, 0.25) is 11.8 Å². The molecule has 2 amide bonds. The fourth-order valence-corrected chi connectivity index (χ4v) is 3.07. The van der Waals surface area contributed by atoms with E-state index in [1.54, 1.807) is 17.9 Å². The molecule has 0 aliphatic rings. The maximum Gasteiger partial charge on any atom is 0.242 e. The second-order valence-corrected chi connectivity index (χ2v) is 7.46. The zero-order chi connectivity index (χ0) is 20.0. The molecule has 27 heavy (non-hydrogen) atoms. The Morgan fingerprint density at radius 2 is 1.59 bits per heavy atom. The Morgan fingerprint density at radius 3 is 2.19 bits per heavy atom. The van der Waals surface area contributed by atoms with Crippen LogP contribution in [0.5, 0.6) is 0 Å². The highest BCUT2D eigenvalue weighted by atomic mass is 35.5. The first kappa shape index (κ1) is 21.0. The minimum absolute atomic E-state index is 0.00795. The van der Waals surface area contributed by atoms with Crippen LogP contribution in [0, 0.1) is 6.92 Å². The number of hydrogen-bond acceptors (Lipinski definition) is 2. The molecule has 0 fully saturated rings. The Balaban J connectivity index is 2.27. The third-order valence-corrected chi connectivity index (χ3v) is 4.87. The average molecular weight is 387 g/mol. The molecule has 144 valence electrons. The lowest BCUT2D eigenvalue weighted by molar-refractivity contribution is -0.140. The van der Waals surface area contributed by atoms with Gasteiger partial charge in [-0.2, -0.15) is 0 Å². The fraction of sp³-hybridized carbons (Fsp3) is 0.364. The van der Waals surface area contributed by atoms with E-state index in [0.717, 1.165) is 16.7 Å². The van der Waals surface area contributed by atoms with Crippen LogP contribution >= 0.6 is 11.6 Å². The molecule has 1 unspecified atom stereocenters. The molecular weight excluding hydrogens is 360 g/mol. The molecule has 2 aromatic carbocycles. The largest absolute Gasteiger partial charge is 0.352 e. The number of rotatable bonds is 7. The highest BCUT2D eigenvalue weighted by molar-refractivity contribution is 6.31. The van der Waals surface area contributed by atoms with E-state index in [0.29, 0.717) is 5.02 Å². The van der Waals surface area contributed by atoms with Gasteiger partial charge in [-0.1, -0.05) is 54.1 Å². The monoisotopic (exact) mass is 386 g/mol. The van der Waals surface area contributed by atoms with Gasteiger partial charge in [-0.15, -0.1) is 0 Å². The molecule has 0 aliphatic carbocycles. The summed E-state index contributed by atoms with van der Waals surface area (Å²) in [5.41, 5.74) is 2.84. The number of nitrogens with zero attached hydrogens (tertiary/aromatic N) is 1. The van der Waals surface area contributed by atoms with Crippen molar-refractivity contribution in [3.8, 4) is 0 Å². The van der Waals surface area contributed by atoms with Crippen molar-refractivity contribution in [2.24, 2.45) is 0 Å². The molecule has 0 saturated heterocycles. The summed E-state index contributed by atoms with van der Waals surface area (Å²) in [7, 11) is 0. The second-order valence-electron chi connectivity index (χ2n) is 7.06. The Kier molecular flexibility index (Phi) is 7.43. The number of amides is 2. The van der Waals surface area contributed by atoms with Crippen molar-refractivity contribution in [2.75, 3.05) is 0 Å². The normalized spacial score (nSPS) is 11.9. The Morgan fingerprint density at radius 1 is 1.00 bits per heavy atom. The molecule has 0 aliphatic heterocycles. The summed E-state index contributed by atoms with van der Waals surface area (Å²) in [6, 6.07) is 14.6. The van der Waals surface area contributed by atoms with Gasteiger partial charge >= 0.3 is 0 Å². The smallest absolute Gasteiger partial charge is 0.242 e. The van der Waals surface area contributed by atoms with Crippen molar-refractivity contribution < 1.29 is 9.59 Å². The van der Waals surface area contributed by atoms with Crippen molar-refractivity contribution in [1.29, 1.82) is 0 Å². The van der Waals surface area contributed by atoms with Gasteiger partial charge in [-0.3, -0.25) is 9.59 Å². The summed E-state index contributed by atoms with van der Waals surface area (Å²) in [6.07, 6.45) is 0.246. The van der Waals surface area contributed by atoms with Crippen LogP contribution in [0.1, 0.15) is 37.5 Å². The number of benzene rings is 2. The average Bonchev–Trinajstić information content (AvgIpc) is 2.61. The van der Waals surface area contributed by atoms with E-state index in [2.05, 4.69) is 5.32 Å². The Labute approximate surface area is 166 Å². The van der Waals surface area contributed by atoms with Crippen molar-refractivity contribution >= 4 is 23.4 Å². The maximum absolute atomic E-state index is 13.1. The number of nitrogens with one attached hydrogen (secondary N) is 1. The van der Waals surface area contributed by atoms with E-state index in [1.807, 2.05) is 63.2 Å². The number of halogens is 1. The quantitative estimate of drug-likeness (QED) is 0.777. The van der Waals surface area contributed by atoms with Gasteiger partial charge in [0.05, 0.1) is 6.42 Å². The van der Waals surface area contributed by atoms with Crippen LogP contribution in [0.25, 0.3) is 0 Å². The highest BCUT2D eigenvalue weighted by Crippen LogP contribution is 2.20. The van der Waals surface area contributed by atoms with Crippen LogP contribution < -0.4 is 5.32 Å². The molecule has 2 rings (SSSR count). The zero-order valence-corrected chi connectivity index (χ0v) is 17.1. The van der Waals surface area contributed by atoms with Gasteiger partial charge in [0, 0.05) is 17.6 Å². The predicted octanol–water partition coefficient (Wildman–Crippen LogP) is 4.13. The summed E-state index contributed by atoms with van der Waals surface area (Å²) in [5, 5.41) is 3.47. The van der Waals surface area contributed by atoms with Gasteiger partial charge in [0.15, 0.2) is 0 Å². The summed E-state index contributed by atoms with van der Waals surface area (Å²) in [5.74, 6) is -0.272. The maximum atomic E-state index is 13.1. The van der Waals surface area contributed by atoms with Crippen LogP contribution in [-0.4, -0.2) is 28.8 Å². The molecule has 4 nitrogen and oxygen atoms in total. The molecule has 0 radical (unpaired) electrons. The lowest BCUT2D eigenvalue weighted by Gasteiger charge is -2.30. The standard InChI is InChI=1S/C22H27ClN2O2/c1-15(2)24-22(27)17(4)25(14-19-11-7-8-12-20(19)23)21(26)13-18-10-6-5-9-16(18)3/h5-12,15,17H,13-14H2,1-4H3,(H,24,27). The molecule has 1 N–H and O–H groups in total. The zero-order valence-electron chi connectivity index (χ0n) is 16.3. The topological polar surface area (TPSA) is 49.4 Å². The van der Waals surface area contributed by atoms with E-state index in [1.165, 1.54) is 0 Å². The number of hydrogen-bond donors (Lipinski definition) is 1. The number of carbonyl (C=O) groups is 2. The van der Waals surface area contributed by atoms with Crippen molar-refractivity contribution in [2.45, 2.75) is 52.7 Å². The summed E-state index contributed by atoms with van der Waals surface area (Å²) in [6.45, 7) is 7.83. The minimum Gasteiger partial charge on any atom is -0.352 e. The van der Waals surface area contributed by atoms with Crippen LogP contribution in [0.15, 0.2) is 48.5 Å². The first-order valence-corrected chi connectivity index (χ1v) is 9.55. The van der Waals surface area contributed by atoms with Crippen LogP contribution in [-0.2, 0) is 22.6 Å². The van der Waals surface area contributed by atoms with E-state index in [9.17, 15) is 9.59 Å². The van der Waals surface area contributed by atoms with Gasteiger partial charge < -0.3 is 10.2 Å². The lowest BCUT2D eigenvalue weighted by atomic mass is 10.0. The molecule has 0 bridgehead atoms. The Bertz CT molecular complexity index is 804. The van der Waals surface area contributed by atoms with Gasteiger partial charge in [0.1, 0.15) is 6.04 Å². The molecule has 5 heteroatoms. The van der Waals surface area contributed by atoms with Crippen molar-refractivity contribution in [3.63, 3.8) is 0 Å². The molecule has 0 spiro atoms. The lowest BCUT2D eigenvalue weighted by Crippen LogP contribution is -2.49. The van der Waals surface area contributed by atoms with Crippen LogP contribution in [0.3, 0.4) is 0 Å². The number of aryl methyl sites for hydroxylation is 1. The molecule has 0 aromatic heterocycles. The minimum atomic E-state index is -0.597. The Hall–Kier alpha value is -2.33. The second kappa shape index (κ2) is 9.56. The number of carbonyl (C=O) groups excluding carboxylic acids is 2. The molecule has 2 aromatic rings. The molecule has 0 saturated carbocycles. The third-order valence-electron chi connectivity index (χ3n) is 4.50. The first-order valence-electron chi connectivity index (χ1n) is 9.17. The highest BCUT2D eigenvalue weighted by Gasteiger charge is 2.27. The van der Waals surface area contributed by atoms with E-state index < -0.39 is 6.04 Å². The predicted molar refractivity (Wildman–Crippen MR) is 110 cm³/mol.